The molecule has 4 nitrogen and oxygen atoms in total. The molecule has 2 atom stereocenters. The van der Waals surface area contributed by atoms with Crippen molar-refractivity contribution in [2.75, 3.05) is 0 Å². The van der Waals surface area contributed by atoms with Gasteiger partial charge >= 0.3 is 0 Å². The molecule has 2 aromatic rings. The van der Waals surface area contributed by atoms with Gasteiger partial charge in [0, 0.05) is 10.9 Å². The smallest absolute Gasteiger partial charge is 0.231 e. The summed E-state index contributed by atoms with van der Waals surface area (Å²) in [6.45, 7) is 2.10. The van der Waals surface area contributed by atoms with Crippen LogP contribution in [0.1, 0.15) is 42.5 Å². The lowest BCUT2D eigenvalue weighted by Crippen LogP contribution is -2.22. The Kier molecular flexibility index (Phi) is 4.08. The molecule has 0 spiro atoms. The molecule has 0 amide bonds. The van der Waals surface area contributed by atoms with E-state index in [0.29, 0.717) is 0 Å². The third-order valence-electron chi connectivity index (χ3n) is 3.73. The first kappa shape index (κ1) is 13.6. The van der Waals surface area contributed by atoms with E-state index in [1.807, 2.05) is 0 Å². The van der Waals surface area contributed by atoms with Gasteiger partial charge in [-0.1, -0.05) is 29.3 Å². The molecule has 1 heterocycles. The van der Waals surface area contributed by atoms with E-state index in [4.69, 9.17) is 10.3 Å². The van der Waals surface area contributed by atoms with Crippen LogP contribution in [0.2, 0.25) is 0 Å². The van der Waals surface area contributed by atoms with Crippen molar-refractivity contribution >= 4 is 11.8 Å². The quantitative estimate of drug-likeness (QED) is 0.875. The van der Waals surface area contributed by atoms with Gasteiger partial charge in [-0.15, -0.1) is 11.8 Å². The van der Waals surface area contributed by atoms with Gasteiger partial charge in [0.05, 0.1) is 11.7 Å². The average Bonchev–Trinajstić information content (AvgIpc) is 3.05. The summed E-state index contributed by atoms with van der Waals surface area (Å²) < 4.78 is 5.38. The molecule has 1 aromatic heterocycles. The summed E-state index contributed by atoms with van der Waals surface area (Å²) in [4.78, 5) is 5.73. The molecule has 1 aliphatic carbocycles. The van der Waals surface area contributed by atoms with Crippen molar-refractivity contribution in [3.63, 3.8) is 0 Å². The predicted octanol–water partition coefficient (Wildman–Crippen LogP) is 3.27. The Morgan fingerprint density at radius 3 is 3.05 bits per heavy atom. The zero-order valence-electron chi connectivity index (χ0n) is 11.6. The maximum absolute atomic E-state index is 6.07. The van der Waals surface area contributed by atoms with Crippen LogP contribution in [-0.2, 0) is 5.75 Å². The number of rotatable bonds is 4. The van der Waals surface area contributed by atoms with Crippen molar-refractivity contribution in [2.45, 2.75) is 48.8 Å². The van der Waals surface area contributed by atoms with Crippen LogP contribution in [-0.4, -0.2) is 16.2 Å². The van der Waals surface area contributed by atoms with Gasteiger partial charge in [0.25, 0.3) is 0 Å². The fraction of sp³-hybridized carbons (Fsp3) is 0.467. The summed E-state index contributed by atoms with van der Waals surface area (Å²) >= 11 is 1.73. The van der Waals surface area contributed by atoms with Gasteiger partial charge in [0.2, 0.25) is 5.89 Å². The first-order chi connectivity index (χ1) is 9.72. The Morgan fingerprint density at radius 2 is 2.30 bits per heavy atom. The maximum atomic E-state index is 6.07. The lowest BCUT2D eigenvalue weighted by molar-refractivity contribution is 0.342. The molecule has 20 heavy (non-hydrogen) atoms. The van der Waals surface area contributed by atoms with Crippen LogP contribution < -0.4 is 5.73 Å². The number of nitrogens with two attached hydrogens (primary N) is 1. The van der Waals surface area contributed by atoms with E-state index in [9.17, 15) is 0 Å². The van der Waals surface area contributed by atoms with Crippen molar-refractivity contribution < 1.29 is 4.52 Å². The van der Waals surface area contributed by atoms with Crippen molar-refractivity contribution in [2.24, 2.45) is 5.73 Å². The highest BCUT2D eigenvalue weighted by atomic mass is 32.2. The second kappa shape index (κ2) is 5.97. The zero-order chi connectivity index (χ0) is 13.9. The van der Waals surface area contributed by atoms with E-state index in [2.05, 4.69) is 41.3 Å². The Morgan fingerprint density at radius 1 is 1.40 bits per heavy atom. The van der Waals surface area contributed by atoms with Gasteiger partial charge in [-0.3, -0.25) is 0 Å². The fourth-order valence-corrected chi connectivity index (χ4v) is 3.48. The number of aryl methyl sites for hydroxylation is 1. The molecule has 0 bridgehead atoms. The van der Waals surface area contributed by atoms with Crippen LogP contribution in [0.4, 0.5) is 0 Å². The highest BCUT2D eigenvalue weighted by Crippen LogP contribution is 2.32. The van der Waals surface area contributed by atoms with E-state index in [1.165, 1.54) is 10.5 Å². The molecule has 106 valence electrons. The van der Waals surface area contributed by atoms with Gasteiger partial charge in [-0.2, -0.15) is 4.98 Å². The minimum Gasteiger partial charge on any atom is -0.339 e. The third kappa shape index (κ3) is 3.04. The Bertz CT molecular complexity index is 584. The summed E-state index contributed by atoms with van der Waals surface area (Å²) in [6.07, 6.45) is 3.27. The molecule has 0 saturated heterocycles. The Labute approximate surface area is 123 Å². The number of benzene rings is 1. The van der Waals surface area contributed by atoms with Crippen LogP contribution in [0.3, 0.4) is 0 Å². The molecule has 2 unspecified atom stereocenters. The Balaban J connectivity index is 1.63. The SMILES string of the molecule is Cc1cccc(SCc2noc(C3CCCC3N)n2)c1. The van der Waals surface area contributed by atoms with E-state index in [-0.39, 0.29) is 12.0 Å². The molecule has 1 aliphatic rings. The molecule has 1 saturated carbocycles. The predicted molar refractivity (Wildman–Crippen MR) is 79.6 cm³/mol. The third-order valence-corrected chi connectivity index (χ3v) is 4.72. The topological polar surface area (TPSA) is 64.9 Å². The number of hydrogen-bond donors (Lipinski definition) is 1. The number of nitrogens with zero attached hydrogens (tertiary/aromatic N) is 2. The van der Waals surface area contributed by atoms with Gasteiger partial charge < -0.3 is 10.3 Å². The van der Waals surface area contributed by atoms with E-state index < -0.39 is 0 Å². The summed E-state index contributed by atoms with van der Waals surface area (Å²) in [6, 6.07) is 8.60. The van der Waals surface area contributed by atoms with Gasteiger partial charge in [0.15, 0.2) is 5.82 Å². The summed E-state index contributed by atoms with van der Waals surface area (Å²) in [5.41, 5.74) is 7.33. The molecule has 0 aliphatic heterocycles. The lowest BCUT2D eigenvalue weighted by Gasteiger charge is -2.08. The molecule has 3 rings (SSSR count). The molecular weight excluding hydrogens is 270 g/mol. The molecule has 0 radical (unpaired) electrons. The van der Waals surface area contributed by atoms with Crippen LogP contribution in [0.15, 0.2) is 33.7 Å². The fourth-order valence-electron chi connectivity index (χ4n) is 2.63. The number of aromatic nitrogens is 2. The van der Waals surface area contributed by atoms with E-state index in [0.717, 1.165) is 36.7 Å². The standard InChI is InChI=1S/C15H19N3OS/c1-10-4-2-5-11(8-10)20-9-14-17-15(19-18-14)12-6-3-7-13(12)16/h2,4-5,8,12-13H,3,6-7,9,16H2,1H3. The van der Waals surface area contributed by atoms with Crippen molar-refractivity contribution in [3.8, 4) is 0 Å². The average molecular weight is 289 g/mol. The number of hydrogen-bond acceptors (Lipinski definition) is 5. The zero-order valence-corrected chi connectivity index (χ0v) is 12.4. The normalized spacial score (nSPS) is 22.3. The Hall–Kier alpha value is -1.33. The second-order valence-corrected chi connectivity index (χ2v) is 6.40. The monoisotopic (exact) mass is 289 g/mol. The summed E-state index contributed by atoms with van der Waals surface area (Å²) in [7, 11) is 0. The first-order valence-electron chi connectivity index (χ1n) is 7.00. The van der Waals surface area contributed by atoms with Crippen LogP contribution in [0.5, 0.6) is 0 Å². The van der Waals surface area contributed by atoms with Gasteiger partial charge in [-0.25, -0.2) is 0 Å². The lowest BCUT2D eigenvalue weighted by atomic mass is 10.1. The molecule has 2 N–H and O–H groups in total. The van der Waals surface area contributed by atoms with E-state index in [1.54, 1.807) is 11.8 Å². The van der Waals surface area contributed by atoms with Crippen molar-refractivity contribution in [3.05, 3.63) is 41.5 Å². The minimum atomic E-state index is 0.174. The van der Waals surface area contributed by atoms with Crippen LogP contribution in [0, 0.1) is 6.92 Å². The molecule has 1 aromatic carbocycles. The van der Waals surface area contributed by atoms with Crippen LogP contribution >= 0.6 is 11.8 Å². The maximum Gasteiger partial charge on any atom is 0.231 e. The van der Waals surface area contributed by atoms with Crippen LogP contribution in [0.25, 0.3) is 0 Å². The largest absolute Gasteiger partial charge is 0.339 e. The second-order valence-electron chi connectivity index (χ2n) is 5.36. The van der Waals surface area contributed by atoms with Gasteiger partial charge in [0.1, 0.15) is 0 Å². The van der Waals surface area contributed by atoms with Gasteiger partial charge in [-0.05, 0) is 31.9 Å². The first-order valence-corrected chi connectivity index (χ1v) is 7.98. The molecule has 5 heteroatoms. The summed E-state index contributed by atoms with van der Waals surface area (Å²) in [5.74, 6) is 2.45. The van der Waals surface area contributed by atoms with E-state index >= 15 is 0 Å². The number of thioether (sulfide) groups is 1. The minimum absolute atomic E-state index is 0.174. The highest BCUT2D eigenvalue weighted by Gasteiger charge is 2.30. The van der Waals surface area contributed by atoms with Crippen molar-refractivity contribution in [1.82, 2.24) is 10.1 Å². The molecular formula is C15H19N3OS. The molecule has 1 fully saturated rings. The summed E-state index contributed by atoms with van der Waals surface area (Å²) in [5, 5.41) is 4.07. The van der Waals surface area contributed by atoms with Crippen molar-refractivity contribution in [1.29, 1.82) is 0 Å². The highest BCUT2D eigenvalue weighted by molar-refractivity contribution is 7.98.